The van der Waals surface area contributed by atoms with Crippen LogP contribution in [0.15, 0.2) is 88.9 Å². The van der Waals surface area contributed by atoms with Gasteiger partial charge in [-0.25, -0.2) is 4.99 Å². The number of amidine groups is 1. The van der Waals surface area contributed by atoms with E-state index < -0.39 is 6.23 Å². The summed E-state index contributed by atoms with van der Waals surface area (Å²) in [5.74, 6) is 0.903. The van der Waals surface area contributed by atoms with Crippen molar-refractivity contribution in [2.24, 2.45) is 10.4 Å². The molecule has 1 aromatic rings. The second-order valence-corrected chi connectivity index (χ2v) is 16.7. The molecule has 1 amide bonds. The van der Waals surface area contributed by atoms with Crippen LogP contribution in [0.25, 0.3) is 0 Å². The van der Waals surface area contributed by atoms with Gasteiger partial charge in [-0.05, 0) is 120 Å². The fourth-order valence-corrected chi connectivity index (χ4v) is 8.71. The van der Waals surface area contributed by atoms with Crippen molar-refractivity contribution < 1.29 is 17.6 Å². The monoisotopic (exact) mass is 778 g/mol. The van der Waals surface area contributed by atoms with Crippen LogP contribution in [0.4, 0.5) is 5.69 Å². The minimum absolute atomic E-state index is 0. The van der Waals surface area contributed by atoms with E-state index in [-0.39, 0.29) is 50.0 Å². The fraction of sp³-hybridized carbons (Fsp3) is 0.609. The Morgan fingerprint density at radius 2 is 1.77 bits per heavy atom. The van der Waals surface area contributed by atoms with Gasteiger partial charge in [0.25, 0.3) is 0 Å². The Hall–Kier alpha value is -3.70. The fourth-order valence-electron chi connectivity index (χ4n) is 8.71. The number of carbonyl (C=O) groups is 1. The van der Waals surface area contributed by atoms with Crippen LogP contribution in [0, 0.1) is 5.41 Å². The van der Waals surface area contributed by atoms with Crippen LogP contribution in [0.2, 0.25) is 0 Å². The summed E-state index contributed by atoms with van der Waals surface area (Å²) in [5, 5.41) is 18.7. The molecule has 1 aromatic carbocycles. The SMILES string of the molecule is C.C.C.C.C\C=C/C(=C\C=C\N1CCC2(CCN(C3CN(c4ccc(C5CCC(=O)NC5O)cc4)C3)C2)C1)NC1=N/C=C2/CCN(OC(C)(C)C)C/C2=C\CC1.[HH].[HH]. The number of nitrogens with one attached hydrogen (secondary N) is 2. The molecule has 7 rings (SSSR count). The van der Waals surface area contributed by atoms with Crippen molar-refractivity contribution in [1.82, 2.24) is 25.5 Å². The lowest BCUT2D eigenvalue weighted by atomic mass is 9.86. The van der Waals surface area contributed by atoms with Gasteiger partial charge in [0.2, 0.25) is 5.91 Å². The zero-order chi connectivity index (χ0) is 36.3. The maximum Gasteiger partial charge on any atom is 0.222 e. The van der Waals surface area contributed by atoms with Gasteiger partial charge in [0.15, 0.2) is 0 Å². The van der Waals surface area contributed by atoms with E-state index in [1.807, 2.05) is 0 Å². The lowest BCUT2D eigenvalue weighted by Gasteiger charge is -2.46. The Morgan fingerprint density at radius 3 is 2.48 bits per heavy atom. The lowest BCUT2D eigenvalue weighted by molar-refractivity contribution is -0.226. The summed E-state index contributed by atoms with van der Waals surface area (Å²) in [6.45, 7) is 16.8. The molecule has 56 heavy (non-hydrogen) atoms. The zero-order valence-corrected chi connectivity index (χ0v) is 31.7. The molecule has 5 fully saturated rings. The summed E-state index contributed by atoms with van der Waals surface area (Å²) in [6, 6.07) is 9.21. The lowest BCUT2D eigenvalue weighted by Crippen LogP contribution is -2.59. The van der Waals surface area contributed by atoms with Crippen molar-refractivity contribution in [2.45, 2.75) is 126 Å². The van der Waals surface area contributed by atoms with E-state index in [9.17, 15) is 9.90 Å². The standard InChI is InChI=1S/C42H59N7O3.4CH4.2H2/c1-5-8-34(44-38-11-6-9-33-26-49(52-41(2,3)4)22-18-32(33)25-43-38)10-7-21-46-23-19-42(29-46)20-24-47(30-42)36-27-48(28-36)35-14-12-31(13-15-35)37-16-17-39(50)45-40(37)51;;;;;;/h5,7-10,12-15,21,25,36-37,40,51H,6,11,16-20,22-24,26-30H2,1-4H3,(H,43,44)(H,45,50);4*1H4;2*1H/b8-5-,21-7+,32-25-,33-9+,34-10+;;;;;;. The Kier molecular flexibility index (Phi) is 16.8. The van der Waals surface area contributed by atoms with Crippen LogP contribution in [-0.2, 0) is 9.63 Å². The summed E-state index contributed by atoms with van der Waals surface area (Å²) >= 11 is 0. The Labute approximate surface area is 343 Å². The molecular formula is C46H79N7O3. The third-order valence-corrected chi connectivity index (χ3v) is 11.5. The predicted molar refractivity (Wildman–Crippen MR) is 240 cm³/mol. The first kappa shape index (κ1) is 46.7. The second-order valence-electron chi connectivity index (χ2n) is 16.7. The second kappa shape index (κ2) is 20.1. The summed E-state index contributed by atoms with van der Waals surface area (Å²) in [7, 11) is 0. The first-order chi connectivity index (χ1) is 25.0. The number of hydroxylamine groups is 2. The first-order valence-electron chi connectivity index (χ1n) is 19.5. The number of hydrogen-bond donors (Lipinski definition) is 3. The molecule has 3 unspecified atom stereocenters. The number of aliphatic hydroxyl groups is 1. The highest BCUT2D eigenvalue weighted by Crippen LogP contribution is 2.42. The van der Waals surface area contributed by atoms with Gasteiger partial charge in [-0.2, -0.15) is 5.06 Å². The molecule has 0 radical (unpaired) electrons. The number of likely N-dealkylation sites (tertiary alicyclic amines) is 2. The summed E-state index contributed by atoms with van der Waals surface area (Å²) in [6.07, 6.45) is 20.9. The highest BCUT2D eigenvalue weighted by Gasteiger charge is 2.46. The number of rotatable bonds is 8. The quantitative estimate of drug-likeness (QED) is 0.226. The summed E-state index contributed by atoms with van der Waals surface area (Å²) in [4.78, 5) is 30.3. The van der Waals surface area contributed by atoms with E-state index in [0.717, 1.165) is 75.6 Å². The van der Waals surface area contributed by atoms with Crippen LogP contribution in [0.5, 0.6) is 0 Å². The number of nitrogens with zero attached hydrogens (tertiary/aromatic N) is 5. The molecule has 316 valence electrons. The number of anilines is 1. The number of hydrogen-bond acceptors (Lipinski definition) is 9. The molecule has 10 heteroatoms. The largest absolute Gasteiger partial charge is 0.377 e. The maximum absolute atomic E-state index is 11.6. The van der Waals surface area contributed by atoms with E-state index in [4.69, 9.17) is 9.83 Å². The van der Waals surface area contributed by atoms with Crippen LogP contribution in [0.1, 0.15) is 117 Å². The number of fused-ring (bicyclic) bond motifs is 1. The topological polar surface area (TPSA) is 95.9 Å². The van der Waals surface area contributed by atoms with Crippen molar-refractivity contribution in [1.29, 1.82) is 0 Å². The normalized spacial score (nSPS) is 28.3. The van der Waals surface area contributed by atoms with Crippen molar-refractivity contribution in [3.63, 3.8) is 0 Å². The Morgan fingerprint density at radius 1 is 1.02 bits per heavy atom. The van der Waals surface area contributed by atoms with E-state index in [1.165, 1.54) is 42.8 Å². The molecule has 0 aliphatic carbocycles. The molecular weight excluding hydrogens is 699 g/mol. The summed E-state index contributed by atoms with van der Waals surface area (Å²) < 4.78 is 0. The molecule has 6 heterocycles. The molecule has 5 saturated heterocycles. The van der Waals surface area contributed by atoms with Crippen LogP contribution in [-0.4, -0.2) is 102 Å². The van der Waals surface area contributed by atoms with E-state index in [0.29, 0.717) is 24.3 Å². The van der Waals surface area contributed by atoms with Gasteiger partial charge in [-0.15, -0.1) is 0 Å². The van der Waals surface area contributed by atoms with Gasteiger partial charge in [-0.1, -0.05) is 54.0 Å². The molecule has 0 saturated carbocycles. The molecule has 3 N–H and O–H groups in total. The molecule has 6 aliphatic rings. The molecule has 10 nitrogen and oxygen atoms in total. The minimum Gasteiger partial charge on any atom is -0.377 e. The predicted octanol–water partition coefficient (Wildman–Crippen LogP) is 8.62. The third-order valence-electron chi connectivity index (χ3n) is 11.5. The number of piperidine rings is 2. The van der Waals surface area contributed by atoms with E-state index in [2.05, 4.69) is 125 Å². The van der Waals surface area contributed by atoms with E-state index >= 15 is 0 Å². The Balaban J connectivity index is 0.00000280. The van der Waals surface area contributed by atoms with Crippen molar-refractivity contribution >= 4 is 17.4 Å². The summed E-state index contributed by atoms with van der Waals surface area (Å²) in [5.41, 5.74) is 6.25. The van der Waals surface area contributed by atoms with Crippen molar-refractivity contribution in [3.8, 4) is 0 Å². The van der Waals surface area contributed by atoms with Crippen molar-refractivity contribution in [2.75, 3.05) is 57.3 Å². The van der Waals surface area contributed by atoms with Crippen LogP contribution >= 0.6 is 0 Å². The van der Waals surface area contributed by atoms with Crippen LogP contribution in [0.3, 0.4) is 0 Å². The van der Waals surface area contributed by atoms with Gasteiger partial charge in [0.05, 0.1) is 5.60 Å². The molecule has 0 bridgehead atoms. The average Bonchev–Trinajstić information content (AvgIpc) is 3.67. The van der Waals surface area contributed by atoms with Gasteiger partial charge >= 0.3 is 0 Å². The van der Waals surface area contributed by atoms with Crippen LogP contribution < -0.4 is 15.5 Å². The molecule has 0 aromatic heterocycles. The molecule has 3 atom stereocenters. The van der Waals surface area contributed by atoms with Gasteiger partial charge in [0, 0.05) is 96.5 Å². The van der Waals surface area contributed by atoms with Gasteiger partial charge in [0.1, 0.15) is 12.1 Å². The number of aliphatic hydroxyl groups excluding tert-OH is 1. The number of amides is 1. The zero-order valence-electron chi connectivity index (χ0n) is 31.7. The van der Waals surface area contributed by atoms with Gasteiger partial charge < -0.3 is 25.5 Å². The molecule has 6 aliphatic heterocycles. The minimum atomic E-state index is -0.797. The van der Waals surface area contributed by atoms with E-state index in [1.54, 1.807) is 0 Å². The Bertz CT molecular complexity index is 1640. The van der Waals surface area contributed by atoms with Crippen molar-refractivity contribution in [3.05, 3.63) is 89.5 Å². The van der Waals surface area contributed by atoms with Gasteiger partial charge in [-0.3, -0.25) is 14.5 Å². The number of benzene rings is 1. The first-order valence-corrected chi connectivity index (χ1v) is 19.5. The highest BCUT2D eigenvalue weighted by atomic mass is 16.7. The highest BCUT2D eigenvalue weighted by molar-refractivity contribution is 5.85. The number of allylic oxidation sites excluding steroid dienone is 5. The smallest absolute Gasteiger partial charge is 0.222 e. The number of aliphatic imine (C=N–C) groups is 1. The number of carbonyl (C=O) groups excluding carboxylic acids is 1. The maximum atomic E-state index is 11.6. The molecule has 1 spiro atoms. The third kappa shape index (κ3) is 11.5. The average molecular weight is 778 g/mol.